The normalized spacial score (nSPS) is 23.5. The van der Waals surface area contributed by atoms with Crippen LogP contribution in [-0.2, 0) is 16.0 Å². The Hall–Kier alpha value is -2.13. The molecule has 0 bridgehead atoms. The fourth-order valence-corrected chi connectivity index (χ4v) is 3.17. The molecule has 21 heavy (non-hydrogen) atoms. The van der Waals surface area contributed by atoms with E-state index in [1.165, 1.54) is 16.7 Å². The molecule has 0 aromatic heterocycles. The van der Waals surface area contributed by atoms with E-state index < -0.39 is 0 Å². The molecule has 0 radical (unpaired) electrons. The zero-order chi connectivity index (χ0) is 14.2. The molecule has 1 amide bonds. The minimum absolute atomic E-state index is 0.00727. The van der Waals surface area contributed by atoms with Crippen LogP contribution in [0.2, 0.25) is 0 Å². The van der Waals surface area contributed by atoms with Gasteiger partial charge >= 0.3 is 0 Å². The first-order valence-electron chi connectivity index (χ1n) is 7.39. The molecule has 2 aliphatic rings. The van der Waals surface area contributed by atoms with Gasteiger partial charge in [-0.3, -0.25) is 4.79 Å². The second-order valence-corrected chi connectivity index (χ2v) is 5.62. The van der Waals surface area contributed by atoms with Crippen LogP contribution in [0.5, 0.6) is 0 Å². The quantitative estimate of drug-likeness (QED) is 0.792. The molecule has 3 nitrogen and oxygen atoms in total. The summed E-state index contributed by atoms with van der Waals surface area (Å²) in [4.78, 5) is 14.5. The Labute approximate surface area is 124 Å². The Morgan fingerprint density at radius 2 is 1.76 bits per heavy atom. The van der Waals surface area contributed by atoms with Crippen molar-refractivity contribution in [2.45, 2.75) is 18.6 Å². The molecule has 0 N–H and O–H groups in total. The molecule has 1 unspecified atom stereocenters. The molecular weight excluding hydrogens is 262 g/mol. The maximum Gasteiger partial charge on any atom is 0.254 e. The number of carbonyl (C=O) groups excluding carboxylic acids is 1. The van der Waals surface area contributed by atoms with Crippen LogP contribution in [0.15, 0.2) is 54.6 Å². The van der Waals surface area contributed by atoms with Gasteiger partial charge in [-0.2, -0.15) is 0 Å². The molecule has 3 heteroatoms. The van der Waals surface area contributed by atoms with Crippen molar-refractivity contribution in [1.82, 2.24) is 4.90 Å². The summed E-state index contributed by atoms with van der Waals surface area (Å²) in [7, 11) is 0. The highest BCUT2D eigenvalue weighted by Crippen LogP contribution is 2.36. The second-order valence-electron chi connectivity index (χ2n) is 5.62. The predicted molar refractivity (Wildman–Crippen MR) is 79.9 cm³/mol. The molecule has 2 atom stereocenters. The molecule has 1 saturated heterocycles. The summed E-state index contributed by atoms with van der Waals surface area (Å²) in [5.41, 5.74) is 3.75. The molecule has 0 saturated carbocycles. The summed E-state index contributed by atoms with van der Waals surface area (Å²) in [5.74, 6) is 0.123. The standard InChI is InChI=1S/C18H17NO2/c20-18(16-12-21-16)19-11-10-13-6-4-5-9-15(13)17(19)14-7-2-1-3-8-14/h1-9,16-17H,10-12H2/t16?,17-/m0/s1. The lowest BCUT2D eigenvalue weighted by Gasteiger charge is -2.37. The number of amides is 1. The Morgan fingerprint density at radius 1 is 1.05 bits per heavy atom. The van der Waals surface area contributed by atoms with Crippen LogP contribution < -0.4 is 0 Å². The average molecular weight is 279 g/mol. The van der Waals surface area contributed by atoms with Crippen LogP contribution in [0, 0.1) is 0 Å². The van der Waals surface area contributed by atoms with E-state index in [1.807, 2.05) is 23.1 Å². The second kappa shape index (κ2) is 5.01. The van der Waals surface area contributed by atoms with Crippen LogP contribution in [0.3, 0.4) is 0 Å². The molecule has 0 spiro atoms. The van der Waals surface area contributed by atoms with Gasteiger partial charge in [-0.25, -0.2) is 0 Å². The monoisotopic (exact) mass is 279 g/mol. The molecule has 2 aromatic carbocycles. The van der Waals surface area contributed by atoms with E-state index in [4.69, 9.17) is 4.74 Å². The van der Waals surface area contributed by atoms with Crippen LogP contribution in [0.1, 0.15) is 22.7 Å². The van der Waals surface area contributed by atoms with Gasteiger partial charge in [0.1, 0.15) is 0 Å². The van der Waals surface area contributed by atoms with Crippen molar-refractivity contribution in [3.8, 4) is 0 Å². The molecule has 2 aromatic rings. The van der Waals surface area contributed by atoms with Gasteiger partial charge in [-0.1, -0.05) is 54.6 Å². The number of carbonyl (C=O) groups is 1. The minimum Gasteiger partial charge on any atom is -0.363 e. The molecular formula is C18H17NO2. The lowest BCUT2D eigenvalue weighted by Crippen LogP contribution is -2.42. The summed E-state index contributed by atoms with van der Waals surface area (Å²) < 4.78 is 5.20. The lowest BCUT2D eigenvalue weighted by atomic mass is 9.88. The number of benzene rings is 2. The van der Waals surface area contributed by atoms with Crippen molar-refractivity contribution in [1.29, 1.82) is 0 Å². The van der Waals surface area contributed by atoms with Crippen molar-refractivity contribution < 1.29 is 9.53 Å². The first-order valence-corrected chi connectivity index (χ1v) is 7.39. The highest BCUT2D eigenvalue weighted by atomic mass is 16.6. The van der Waals surface area contributed by atoms with Crippen LogP contribution in [-0.4, -0.2) is 30.1 Å². The van der Waals surface area contributed by atoms with Crippen molar-refractivity contribution in [2.75, 3.05) is 13.2 Å². The van der Waals surface area contributed by atoms with Crippen molar-refractivity contribution >= 4 is 5.91 Å². The van der Waals surface area contributed by atoms with E-state index in [-0.39, 0.29) is 18.1 Å². The number of hydrogen-bond acceptors (Lipinski definition) is 2. The third kappa shape index (κ3) is 2.24. The molecule has 1 fully saturated rings. The number of nitrogens with zero attached hydrogens (tertiary/aromatic N) is 1. The van der Waals surface area contributed by atoms with Gasteiger partial charge in [0.2, 0.25) is 0 Å². The molecule has 106 valence electrons. The lowest BCUT2D eigenvalue weighted by molar-refractivity contribution is -0.134. The third-order valence-corrected chi connectivity index (χ3v) is 4.29. The largest absolute Gasteiger partial charge is 0.363 e. The topological polar surface area (TPSA) is 32.8 Å². The first-order chi connectivity index (χ1) is 10.3. The van der Waals surface area contributed by atoms with E-state index in [2.05, 4.69) is 36.4 Å². The Morgan fingerprint density at radius 3 is 2.52 bits per heavy atom. The van der Waals surface area contributed by atoms with Crippen molar-refractivity contribution in [2.24, 2.45) is 0 Å². The summed E-state index contributed by atoms with van der Waals surface area (Å²) in [6.07, 6.45) is 0.694. The maximum atomic E-state index is 12.6. The highest BCUT2D eigenvalue weighted by molar-refractivity contribution is 5.84. The van der Waals surface area contributed by atoms with E-state index in [9.17, 15) is 4.79 Å². The zero-order valence-electron chi connectivity index (χ0n) is 11.7. The minimum atomic E-state index is -0.221. The number of epoxide rings is 1. The van der Waals surface area contributed by atoms with E-state index >= 15 is 0 Å². The first kappa shape index (κ1) is 12.6. The molecule has 2 heterocycles. The van der Waals surface area contributed by atoms with E-state index in [1.54, 1.807) is 0 Å². The summed E-state index contributed by atoms with van der Waals surface area (Å²) >= 11 is 0. The fourth-order valence-electron chi connectivity index (χ4n) is 3.17. The smallest absolute Gasteiger partial charge is 0.254 e. The van der Waals surface area contributed by atoms with Gasteiger partial charge in [0, 0.05) is 6.54 Å². The van der Waals surface area contributed by atoms with Gasteiger partial charge < -0.3 is 9.64 Å². The number of rotatable bonds is 2. The van der Waals surface area contributed by atoms with E-state index in [0.717, 1.165) is 13.0 Å². The van der Waals surface area contributed by atoms with Gasteiger partial charge in [0.05, 0.1) is 12.6 Å². The Kier molecular flexibility index (Phi) is 3.00. The molecule has 2 aliphatic heterocycles. The third-order valence-electron chi connectivity index (χ3n) is 4.29. The SMILES string of the molecule is O=C(C1CO1)N1CCc2ccccc2[C@@H]1c1ccccc1. The molecule has 0 aliphatic carbocycles. The predicted octanol–water partition coefficient (Wildman–Crippen LogP) is 2.56. The Bertz CT molecular complexity index is 664. The Balaban J connectivity index is 1.80. The van der Waals surface area contributed by atoms with Crippen LogP contribution in [0.4, 0.5) is 0 Å². The van der Waals surface area contributed by atoms with Crippen molar-refractivity contribution in [3.63, 3.8) is 0 Å². The molecule has 4 rings (SSSR count). The maximum absolute atomic E-state index is 12.6. The van der Waals surface area contributed by atoms with Crippen LogP contribution in [0.25, 0.3) is 0 Å². The fraction of sp³-hybridized carbons (Fsp3) is 0.278. The number of ether oxygens (including phenoxy) is 1. The summed E-state index contributed by atoms with van der Waals surface area (Å²) in [6, 6.07) is 18.7. The van der Waals surface area contributed by atoms with Crippen LogP contribution >= 0.6 is 0 Å². The number of fused-ring (bicyclic) bond motifs is 1. The average Bonchev–Trinajstić information content (AvgIpc) is 3.39. The van der Waals surface area contributed by atoms with E-state index in [0.29, 0.717) is 6.61 Å². The van der Waals surface area contributed by atoms with Gasteiger partial charge in [-0.05, 0) is 23.1 Å². The van der Waals surface area contributed by atoms with Gasteiger partial charge in [-0.15, -0.1) is 0 Å². The summed E-state index contributed by atoms with van der Waals surface area (Å²) in [6.45, 7) is 1.33. The summed E-state index contributed by atoms with van der Waals surface area (Å²) in [5, 5.41) is 0. The zero-order valence-corrected chi connectivity index (χ0v) is 11.7. The number of hydrogen-bond donors (Lipinski definition) is 0. The highest BCUT2D eigenvalue weighted by Gasteiger charge is 2.40. The van der Waals surface area contributed by atoms with Gasteiger partial charge in [0.25, 0.3) is 5.91 Å². The van der Waals surface area contributed by atoms with Gasteiger partial charge in [0.15, 0.2) is 6.10 Å². The van der Waals surface area contributed by atoms with Crippen molar-refractivity contribution in [3.05, 3.63) is 71.3 Å².